The second-order valence-electron chi connectivity index (χ2n) is 9.61. The molecule has 2 aliphatic rings. The van der Waals surface area contributed by atoms with Gasteiger partial charge in [0.2, 0.25) is 10.0 Å². The van der Waals surface area contributed by atoms with E-state index < -0.39 is 39.5 Å². The second-order valence-corrected chi connectivity index (χ2v) is 11.9. The molecular formula is C25H26ClF4N3O3S. The molecule has 1 amide bonds. The molecule has 0 radical (unpaired) electrons. The molecule has 1 saturated carbocycles. The monoisotopic (exact) mass is 559 g/mol. The van der Waals surface area contributed by atoms with Crippen LogP contribution < -0.4 is 0 Å². The second kappa shape index (κ2) is 9.99. The fourth-order valence-electron chi connectivity index (χ4n) is 5.12. The Hall–Kier alpha value is -2.50. The van der Waals surface area contributed by atoms with Gasteiger partial charge in [-0.05, 0) is 38.0 Å². The Labute approximate surface area is 218 Å². The molecule has 1 spiro atoms. The molecule has 1 unspecified atom stereocenters. The summed E-state index contributed by atoms with van der Waals surface area (Å²) in [6.45, 7) is 5.80. The number of benzene rings is 1. The number of rotatable bonds is 8. The van der Waals surface area contributed by atoms with Crippen LogP contribution in [0.5, 0.6) is 0 Å². The van der Waals surface area contributed by atoms with E-state index in [0.29, 0.717) is 19.0 Å². The van der Waals surface area contributed by atoms with E-state index in [9.17, 15) is 30.8 Å². The van der Waals surface area contributed by atoms with E-state index in [4.69, 9.17) is 11.6 Å². The number of nitrogens with zero attached hydrogens (tertiary/aromatic N) is 3. The number of hydrogen-bond donors (Lipinski definition) is 0. The van der Waals surface area contributed by atoms with Crippen LogP contribution in [0, 0.1) is 11.2 Å². The molecule has 200 valence electrons. The molecule has 6 nitrogen and oxygen atoms in total. The summed E-state index contributed by atoms with van der Waals surface area (Å²) in [4.78, 5) is 18.6. The maximum atomic E-state index is 14.1. The number of aromatic nitrogens is 1. The Morgan fingerprint density at radius 3 is 2.54 bits per heavy atom. The topological polar surface area (TPSA) is 70.6 Å². The van der Waals surface area contributed by atoms with Crippen LogP contribution in [0.2, 0.25) is 0 Å². The van der Waals surface area contributed by atoms with Gasteiger partial charge in [0.1, 0.15) is 10.7 Å². The summed E-state index contributed by atoms with van der Waals surface area (Å²) >= 11 is 5.80. The summed E-state index contributed by atoms with van der Waals surface area (Å²) in [7, 11) is -3.99. The van der Waals surface area contributed by atoms with Gasteiger partial charge in [-0.2, -0.15) is 17.5 Å². The highest BCUT2D eigenvalue weighted by molar-refractivity contribution is 7.89. The number of carbonyl (C=O) groups is 1. The number of amides is 1. The number of pyridine rings is 1. The van der Waals surface area contributed by atoms with Gasteiger partial charge in [-0.15, -0.1) is 18.2 Å². The van der Waals surface area contributed by atoms with Gasteiger partial charge in [-0.1, -0.05) is 18.2 Å². The first-order valence-electron chi connectivity index (χ1n) is 11.6. The van der Waals surface area contributed by atoms with E-state index in [1.807, 2.05) is 0 Å². The number of carbonyl (C=O) groups excluding carboxylic acids is 1. The van der Waals surface area contributed by atoms with Crippen molar-refractivity contribution in [3.05, 3.63) is 71.8 Å². The molecule has 1 aromatic carbocycles. The number of sulfonamides is 1. The highest BCUT2D eigenvalue weighted by atomic mass is 35.5. The summed E-state index contributed by atoms with van der Waals surface area (Å²) < 4.78 is 81.1. The summed E-state index contributed by atoms with van der Waals surface area (Å²) in [5.41, 5.74) is -1.40. The van der Waals surface area contributed by atoms with E-state index in [-0.39, 0.29) is 53.0 Å². The Morgan fingerprint density at radius 2 is 1.97 bits per heavy atom. The minimum absolute atomic E-state index is 0.0779. The first-order valence-corrected chi connectivity index (χ1v) is 13.6. The molecule has 2 fully saturated rings. The molecule has 37 heavy (non-hydrogen) atoms. The lowest BCUT2D eigenvalue weighted by atomic mass is 9.61. The van der Waals surface area contributed by atoms with Gasteiger partial charge in [0.05, 0.1) is 16.8 Å². The van der Waals surface area contributed by atoms with Gasteiger partial charge in [0.25, 0.3) is 5.91 Å². The zero-order valence-corrected chi connectivity index (χ0v) is 21.6. The molecule has 0 N–H and O–H groups in total. The normalized spacial score (nSPS) is 18.6. The molecule has 2 heterocycles. The lowest BCUT2D eigenvalue weighted by Gasteiger charge is -2.60. The van der Waals surface area contributed by atoms with Crippen LogP contribution in [0.1, 0.15) is 41.4 Å². The summed E-state index contributed by atoms with van der Waals surface area (Å²) in [5.74, 6) is -1.36. The van der Waals surface area contributed by atoms with Crippen molar-refractivity contribution in [2.75, 3.05) is 19.0 Å². The molecule has 1 aliphatic carbocycles. The molecule has 2 aromatic rings. The average molecular weight is 560 g/mol. The molecule has 1 saturated heterocycles. The third-order valence-corrected chi connectivity index (χ3v) is 9.10. The lowest BCUT2D eigenvalue weighted by Crippen LogP contribution is -2.68. The number of aryl methyl sites for hydroxylation is 1. The van der Waals surface area contributed by atoms with Crippen LogP contribution in [0.4, 0.5) is 17.6 Å². The minimum atomic E-state index is -4.67. The smallest absolute Gasteiger partial charge is 0.329 e. The quantitative estimate of drug-likeness (QED) is 0.262. The largest absolute Gasteiger partial charge is 0.417 e. The van der Waals surface area contributed by atoms with E-state index >= 15 is 0 Å². The Morgan fingerprint density at radius 1 is 1.32 bits per heavy atom. The molecule has 0 bridgehead atoms. The van der Waals surface area contributed by atoms with Crippen molar-refractivity contribution in [3.63, 3.8) is 0 Å². The lowest BCUT2D eigenvalue weighted by molar-refractivity contribution is -0.137. The van der Waals surface area contributed by atoms with E-state index in [2.05, 4.69) is 11.6 Å². The van der Waals surface area contributed by atoms with E-state index in [0.717, 1.165) is 12.1 Å². The maximum Gasteiger partial charge on any atom is 0.417 e. The zero-order valence-electron chi connectivity index (χ0n) is 20.0. The summed E-state index contributed by atoms with van der Waals surface area (Å²) in [6, 6.07) is 5.14. The van der Waals surface area contributed by atoms with Crippen LogP contribution in [-0.2, 0) is 22.6 Å². The predicted octanol–water partition coefficient (Wildman–Crippen LogP) is 4.89. The Bertz CT molecular complexity index is 1300. The van der Waals surface area contributed by atoms with Crippen LogP contribution in [0.15, 0.2) is 54.1 Å². The highest BCUT2D eigenvalue weighted by Crippen LogP contribution is 2.52. The summed E-state index contributed by atoms with van der Waals surface area (Å²) in [5, 5.41) is 0. The third kappa shape index (κ3) is 5.13. The van der Waals surface area contributed by atoms with Crippen molar-refractivity contribution in [2.24, 2.45) is 5.41 Å². The van der Waals surface area contributed by atoms with E-state index in [1.165, 1.54) is 33.5 Å². The molecule has 12 heteroatoms. The molecule has 1 aromatic heterocycles. The maximum absolute atomic E-state index is 14.1. The van der Waals surface area contributed by atoms with E-state index in [1.54, 1.807) is 6.92 Å². The van der Waals surface area contributed by atoms with Gasteiger partial charge >= 0.3 is 6.18 Å². The first kappa shape index (κ1) is 27.5. The average Bonchev–Trinajstić information content (AvgIpc) is 2.78. The van der Waals surface area contributed by atoms with Crippen molar-refractivity contribution in [3.8, 4) is 0 Å². The zero-order chi connectivity index (χ0) is 27.2. The fourth-order valence-corrected chi connectivity index (χ4v) is 7.03. The van der Waals surface area contributed by atoms with Gasteiger partial charge < -0.3 is 4.90 Å². The Kier molecular flexibility index (Phi) is 7.44. The van der Waals surface area contributed by atoms with Crippen molar-refractivity contribution in [1.82, 2.24) is 14.2 Å². The minimum Gasteiger partial charge on any atom is -0.329 e. The van der Waals surface area contributed by atoms with Gasteiger partial charge in [0, 0.05) is 49.1 Å². The van der Waals surface area contributed by atoms with Crippen molar-refractivity contribution in [1.29, 1.82) is 0 Å². The highest BCUT2D eigenvalue weighted by Gasteiger charge is 2.58. The van der Waals surface area contributed by atoms with Gasteiger partial charge in [0.15, 0.2) is 0 Å². The third-order valence-electron chi connectivity index (χ3n) is 7.08. The molecule has 4 rings (SSSR count). The van der Waals surface area contributed by atoms with Crippen LogP contribution in [0.3, 0.4) is 0 Å². The number of alkyl halides is 4. The molecule has 1 aliphatic heterocycles. The van der Waals surface area contributed by atoms with Crippen molar-refractivity contribution >= 4 is 27.5 Å². The number of hydrogen-bond acceptors (Lipinski definition) is 4. The van der Waals surface area contributed by atoms with Gasteiger partial charge in [-0.3, -0.25) is 9.78 Å². The summed E-state index contributed by atoms with van der Waals surface area (Å²) in [6.07, 6.45) is -1.42. The number of halogens is 5. The van der Waals surface area contributed by atoms with Crippen LogP contribution in [0.25, 0.3) is 0 Å². The Balaban J connectivity index is 1.53. The first-order chi connectivity index (χ1) is 17.3. The fraction of sp³-hybridized carbons (Fsp3) is 0.440. The predicted molar refractivity (Wildman–Crippen MR) is 130 cm³/mol. The SMILES string of the molecule is C=CC(C)N(C(=O)c1cc(C(F)(F)F)cnc1CCCl)C1CC2(C1)CN(S(=O)(=O)c1ccccc1F)C2. The van der Waals surface area contributed by atoms with Crippen molar-refractivity contribution < 1.29 is 30.8 Å². The van der Waals surface area contributed by atoms with Crippen LogP contribution in [-0.4, -0.2) is 59.6 Å². The van der Waals surface area contributed by atoms with Crippen molar-refractivity contribution in [2.45, 2.75) is 49.3 Å². The molecular weight excluding hydrogens is 534 g/mol. The van der Waals surface area contributed by atoms with Gasteiger partial charge in [-0.25, -0.2) is 12.8 Å². The standard InChI is InChI=1S/C25H26ClF4N3O3S/c1-3-16(2)33(23(34)19-10-17(25(28,29)30)13-31-21(19)8-9-26)18-11-24(12-18)14-32(15-24)37(35,36)22-7-5-4-6-20(22)27/h3-7,10,13,16,18H,1,8-9,11-12,14-15H2,2H3. The molecule has 1 atom stereocenters. The van der Waals surface area contributed by atoms with Crippen LogP contribution >= 0.6 is 11.6 Å².